The first-order valence-corrected chi connectivity index (χ1v) is 4.54. The number of oxime groups is 1. The Kier molecular flexibility index (Phi) is 4.03. The second-order valence-electron chi connectivity index (χ2n) is 2.84. The minimum atomic E-state index is 0.956. The first kappa shape index (κ1) is 9.78. The zero-order valence-electron chi connectivity index (χ0n) is 8.16. The van der Waals surface area contributed by atoms with Gasteiger partial charge in [-0.2, -0.15) is 0 Å². The molecule has 1 rings (SSSR count). The molecule has 0 radical (unpaired) electrons. The van der Waals surface area contributed by atoms with Crippen LogP contribution in [0.2, 0.25) is 0 Å². The highest BCUT2D eigenvalue weighted by atomic mass is 16.6. The summed E-state index contributed by atoms with van der Waals surface area (Å²) >= 11 is 0. The van der Waals surface area contributed by atoms with Crippen LogP contribution in [0, 0.1) is 0 Å². The molecule has 13 heavy (non-hydrogen) atoms. The van der Waals surface area contributed by atoms with Gasteiger partial charge < -0.3 is 4.84 Å². The monoisotopic (exact) mass is 177 g/mol. The minimum Gasteiger partial charge on any atom is -0.399 e. The van der Waals surface area contributed by atoms with Crippen LogP contribution in [0.3, 0.4) is 0 Å². The standard InChI is InChI=1S/C11H15NO/c1-3-7-11(12-13-2)10-8-5-4-6-9-10/h4-6,8-9H,3,7H2,1-2H3/b12-11-. The summed E-state index contributed by atoms with van der Waals surface area (Å²) in [6, 6.07) is 10.1. The third kappa shape index (κ3) is 2.90. The smallest absolute Gasteiger partial charge is 0.106 e. The molecule has 0 heterocycles. The minimum absolute atomic E-state index is 0.956. The van der Waals surface area contributed by atoms with Gasteiger partial charge in [0.25, 0.3) is 0 Å². The molecule has 1 aromatic carbocycles. The zero-order valence-corrected chi connectivity index (χ0v) is 8.16. The lowest BCUT2D eigenvalue weighted by Gasteiger charge is -2.03. The van der Waals surface area contributed by atoms with E-state index >= 15 is 0 Å². The molecule has 0 fully saturated rings. The summed E-state index contributed by atoms with van der Waals surface area (Å²) in [5, 5.41) is 4.00. The predicted molar refractivity (Wildman–Crippen MR) is 54.9 cm³/mol. The number of nitrogens with zero attached hydrogens (tertiary/aromatic N) is 1. The molecule has 0 atom stereocenters. The molecule has 0 aliphatic heterocycles. The maximum Gasteiger partial charge on any atom is 0.106 e. The zero-order chi connectivity index (χ0) is 9.52. The Bertz CT molecular complexity index is 267. The first-order chi connectivity index (χ1) is 6.38. The first-order valence-electron chi connectivity index (χ1n) is 4.54. The fourth-order valence-electron chi connectivity index (χ4n) is 1.22. The van der Waals surface area contributed by atoms with E-state index in [4.69, 9.17) is 4.84 Å². The molecule has 0 amide bonds. The van der Waals surface area contributed by atoms with Gasteiger partial charge in [-0.15, -0.1) is 0 Å². The van der Waals surface area contributed by atoms with E-state index in [1.807, 2.05) is 30.3 Å². The molecule has 0 aromatic heterocycles. The highest BCUT2D eigenvalue weighted by molar-refractivity contribution is 6.00. The highest BCUT2D eigenvalue weighted by Gasteiger charge is 2.01. The lowest BCUT2D eigenvalue weighted by Crippen LogP contribution is -2.00. The predicted octanol–water partition coefficient (Wildman–Crippen LogP) is 2.84. The molecular weight excluding hydrogens is 162 g/mol. The Labute approximate surface area is 79.2 Å². The lowest BCUT2D eigenvalue weighted by atomic mass is 10.1. The molecule has 2 nitrogen and oxygen atoms in total. The third-order valence-corrected chi connectivity index (χ3v) is 1.80. The van der Waals surface area contributed by atoms with Gasteiger partial charge >= 0.3 is 0 Å². The fraction of sp³-hybridized carbons (Fsp3) is 0.364. The summed E-state index contributed by atoms with van der Waals surface area (Å²) in [5.74, 6) is 0. The highest BCUT2D eigenvalue weighted by Crippen LogP contribution is 2.06. The van der Waals surface area contributed by atoms with Crippen molar-refractivity contribution in [2.75, 3.05) is 7.11 Å². The van der Waals surface area contributed by atoms with Crippen molar-refractivity contribution >= 4 is 5.71 Å². The fourth-order valence-corrected chi connectivity index (χ4v) is 1.22. The summed E-state index contributed by atoms with van der Waals surface area (Å²) in [4.78, 5) is 4.80. The van der Waals surface area contributed by atoms with E-state index in [0.29, 0.717) is 0 Å². The van der Waals surface area contributed by atoms with E-state index in [2.05, 4.69) is 12.1 Å². The summed E-state index contributed by atoms with van der Waals surface area (Å²) in [7, 11) is 1.58. The van der Waals surface area contributed by atoms with Crippen LogP contribution < -0.4 is 0 Å². The van der Waals surface area contributed by atoms with Gasteiger partial charge in [-0.1, -0.05) is 48.8 Å². The van der Waals surface area contributed by atoms with Crippen LogP contribution in [0.15, 0.2) is 35.5 Å². The average molecular weight is 177 g/mol. The van der Waals surface area contributed by atoms with Gasteiger partial charge in [-0.05, 0) is 12.0 Å². The largest absolute Gasteiger partial charge is 0.399 e. The van der Waals surface area contributed by atoms with Crippen LogP contribution in [0.1, 0.15) is 25.3 Å². The molecule has 0 aliphatic rings. The maximum atomic E-state index is 4.80. The van der Waals surface area contributed by atoms with Crippen LogP contribution in [0.4, 0.5) is 0 Å². The van der Waals surface area contributed by atoms with E-state index in [1.165, 1.54) is 0 Å². The Morgan fingerprint density at radius 2 is 2.00 bits per heavy atom. The Hall–Kier alpha value is -1.31. The van der Waals surface area contributed by atoms with Crippen molar-refractivity contribution in [2.45, 2.75) is 19.8 Å². The number of hydrogen-bond acceptors (Lipinski definition) is 2. The van der Waals surface area contributed by atoms with Crippen molar-refractivity contribution in [3.63, 3.8) is 0 Å². The van der Waals surface area contributed by atoms with E-state index in [1.54, 1.807) is 7.11 Å². The van der Waals surface area contributed by atoms with Crippen LogP contribution in [-0.4, -0.2) is 12.8 Å². The van der Waals surface area contributed by atoms with E-state index in [9.17, 15) is 0 Å². The maximum absolute atomic E-state index is 4.80. The molecule has 0 aliphatic carbocycles. The molecule has 0 N–H and O–H groups in total. The number of rotatable bonds is 4. The molecular formula is C11H15NO. The molecule has 0 bridgehead atoms. The van der Waals surface area contributed by atoms with Crippen molar-refractivity contribution in [1.29, 1.82) is 0 Å². The van der Waals surface area contributed by atoms with Crippen molar-refractivity contribution in [3.05, 3.63) is 35.9 Å². The molecule has 2 heteroatoms. The molecule has 1 aromatic rings. The van der Waals surface area contributed by atoms with E-state index < -0.39 is 0 Å². The Morgan fingerprint density at radius 1 is 1.31 bits per heavy atom. The van der Waals surface area contributed by atoms with Gasteiger partial charge in [0.2, 0.25) is 0 Å². The summed E-state index contributed by atoms with van der Waals surface area (Å²) in [6.45, 7) is 2.13. The van der Waals surface area contributed by atoms with Crippen LogP contribution >= 0.6 is 0 Å². The van der Waals surface area contributed by atoms with Crippen molar-refractivity contribution < 1.29 is 4.84 Å². The van der Waals surface area contributed by atoms with Gasteiger partial charge in [0.15, 0.2) is 0 Å². The van der Waals surface area contributed by atoms with Crippen LogP contribution in [0.5, 0.6) is 0 Å². The Balaban J connectivity index is 2.83. The molecule has 0 spiro atoms. The number of benzene rings is 1. The second-order valence-corrected chi connectivity index (χ2v) is 2.84. The number of hydrogen-bond donors (Lipinski definition) is 0. The van der Waals surface area contributed by atoms with Crippen LogP contribution in [-0.2, 0) is 4.84 Å². The van der Waals surface area contributed by atoms with Gasteiger partial charge in [-0.25, -0.2) is 0 Å². The topological polar surface area (TPSA) is 21.6 Å². The van der Waals surface area contributed by atoms with Crippen molar-refractivity contribution in [1.82, 2.24) is 0 Å². The summed E-state index contributed by atoms with van der Waals surface area (Å²) in [6.07, 6.45) is 2.04. The van der Waals surface area contributed by atoms with E-state index in [-0.39, 0.29) is 0 Å². The van der Waals surface area contributed by atoms with Crippen LogP contribution in [0.25, 0.3) is 0 Å². The molecule has 0 saturated heterocycles. The quantitative estimate of drug-likeness (QED) is 0.512. The van der Waals surface area contributed by atoms with Crippen molar-refractivity contribution in [2.24, 2.45) is 5.16 Å². The van der Waals surface area contributed by atoms with Gasteiger partial charge in [-0.3, -0.25) is 0 Å². The average Bonchev–Trinajstić information content (AvgIpc) is 2.19. The second kappa shape index (κ2) is 5.36. The van der Waals surface area contributed by atoms with Gasteiger partial charge in [0, 0.05) is 0 Å². The lowest BCUT2D eigenvalue weighted by molar-refractivity contribution is 0.213. The van der Waals surface area contributed by atoms with Gasteiger partial charge in [0.1, 0.15) is 7.11 Å². The molecule has 0 unspecified atom stereocenters. The molecule has 70 valence electrons. The van der Waals surface area contributed by atoms with Gasteiger partial charge in [0.05, 0.1) is 5.71 Å². The Morgan fingerprint density at radius 3 is 2.54 bits per heavy atom. The molecule has 0 saturated carbocycles. The summed E-state index contributed by atoms with van der Waals surface area (Å²) < 4.78 is 0. The van der Waals surface area contributed by atoms with E-state index in [0.717, 1.165) is 24.1 Å². The summed E-state index contributed by atoms with van der Waals surface area (Å²) in [5.41, 5.74) is 2.16. The SMILES string of the molecule is CCC/C(=N/OC)c1ccccc1. The third-order valence-electron chi connectivity index (χ3n) is 1.80. The van der Waals surface area contributed by atoms with Crippen molar-refractivity contribution in [3.8, 4) is 0 Å². The normalized spacial score (nSPS) is 11.4.